The number of benzene rings is 1. The van der Waals surface area contributed by atoms with Crippen molar-refractivity contribution in [3.63, 3.8) is 0 Å². The molecular weight excluding hydrogens is 374 g/mol. The Labute approximate surface area is 171 Å². The van der Waals surface area contributed by atoms with Crippen LogP contribution < -0.4 is 14.8 Å². The number of hydrogen-bond acceptors (Lipinski definition) is 7. The smallest absolute Gasteiger partial charge is 0.251 e. The second kappa shape index (κ2) is 9.76. The predicted octanol–water partition coefficient (Wildman–Crippen LogP) is 2.33. The summed E-state index contributed by atoms with van der Waals surface area (Å²) in [5.74, 6) is 1.66. The number of hydrogen-bond donors (Lipinski definition) is 1. The first-order valence-corrected chi connectivity index (χ1v) is 9.81. The number of ether oxygens (including phenoxy) is 3. The van der Waals surface area contributed by atoms with Gasteiger partial charge in [0.05, 0.1) is 31.6 Å². The Morgan fingerprint density at radius 2 is 2.03 bits per heavy atom. The molecule has 158 valence electrons. The van der Waals surface area contributed by atoms with Crippen LogP contribution in [0.5, 0.6) is 11.5 Å². The molecule has 8 heteroatoms. The molecule has 1 aromatic heterocycles. The van der Waals surface area contributed by atoms with Crippen molar-refractivity contribution in [3.05, 3.63) is 40.8 Å². The molecule has 8 nitrogen and oxygen atoms in total. The van der Waals surface area contributed by atoms with Gasteiger partial charge in [-0.3, -0.25) is 9.69 Å². The second-order valence-corrected chi connectivity index (χ2v) is 7.24. The summed E-state index contributed by atoms with van der Waals surface area (Å²) < 4.78 is 21.8. The number of aryl methyl sites for hydroxylation is 2. The molecular formula is C21H29N3O5. The molecule has 1 aliphatic rings. The first-order valence-electron chi connectivity index (χ1n) is 9.81. The third kappa shape index (κ3) is 5.48. The van der Waals surface area contributed by atoms with Gasteiger partial charge in [0.25, 0.3) is 5.91 Å². The van der Waals surface area contributed by atoms with E-state index in [1.807, 2.05) is 20.8 Å². The molecule has 0 radical (unpaired) electrons. The van der Waals surface area contributed by atoms with Gasteiger partial charge >= 0.3 is 0 Å². The van der Waals surface area contributed by atoms with Crippen LogP contribution in [-0.4, -0.2) is 62.0 Å². The van der Waals surface area contributed by atoms with E-state index in [9.17, 15) is 4.79 Å². The van der Waals surface area contributed by atoms with Gasteiger partial charge in [0.1, 0.15) is 12.4 Å². The molecule has 1 fully saturated rings. The van der Waals surface area contributed by atoms with Crippen molar-refractivity contribution in [2.24, 2.45) is 0 Å². The Kier molecular flexibility index (Phi) is 7.11. The number of carbonyl (C=O) groups excluding carboxylic acids is 1. The van der Waals surface area contributed by atoms with Crippen LogP contribution in [0.4, 0.5) is 0 Å². The van der Waals surface area contributed by atoms with Gasteiger partial charge in [-0.2, -0.15) is 0 Å². The van der Waals surface area contributed by atoms with Crippen LogP contribution in [0.15, 0.2) is 22.7 Å². The zero-order valence-electron chi connectivity index (χ0n) is 17.5. The van der Waals surface area contributed by atoms with Gasteiger partial charge in [-0.05, 0) is 39.0 Å². The quantitative estimate of drug-likeness (QED) is 0.724. The van der Waals surface area contributed by atoms with Gasteiger partial charge in [0.15, 0.2) is 11.5 Å². The molecule has 1 N–H and O–H groups in total. The van der Waals surface area contributed by atoms with Crippen LogP contribution >= 0.6 is 0 Å². The lowest BCUT2D eigenvalue weighted by Crippen LogP contribution is -2.46. The highest BCUT2D eigenvalue weighted by Crippen LogP contribution is 2.29. The molecule has 0 saturated carbocycles. The maximum absolute atomic E-state index is 12.6. The average Bonchev–Trinajstić information content (AvgIpc) is 3.04. The minimum absolute atomic E-state index is 0.0297. The van der Waals surface area contributed by atoms with Crippen LogP contribution in [0.25, 0.3) is 0 Å². The lowest BCUT2D eigenvalue weighted by atomic mass is 10.1. The standard InChI is InChI=1S/C21H29N3O5/c1-14(12-24-7-9-27-10-8-24)22-21(25)17-5-6-19(20(11-17)26-4)28-13-18-15(2)23-29-16(18)3/h5-6,11,14H,7-10,12-13H2,1-4H3,(H,22,25). The van der Waals surface area contributed by atoms with E-state index in [-0.39, 0.29) is 11.9 Å². The van der Waals surface area contributed by atoms with E-state index in [1.54, 1.807) is 25.3 Å². The number of carbonyl (C=O) groups is 1. The molecule has 3 rings (SSSR count). The third-order valence-corrected chi connectivity index (χ3v) is 4.99. The zero-order chi connectivity index (χ0) is 20.8. The average molecular weight is 403 g/mol. The fraction of sp³-hybridized carbons (Fsp3) is 0.524. The van der Waals surface area contributed by atoms with Crippen molar-refractivity contribution >= 4 is 5.91 Å². The molecule has 1 unspecified atom stereocenters. The summed E-state index contributed by atoms with van der Waals surface area (Å²) in [4.78, 5) is 14.9. The van der Waals surface area contributed by atoms with Gasteiger partial charge in [0, 0.05) is 31.2 Å². The summed E-state index contributed by atoms with van der Waals surface area (Å²) >= 11 is 0. The lowest BCUT2D eigenvalue weighted by molar-refractivity contribution is 0.0342. The Morgan fingerprint density at radius 1 is 1.28 bits per heavy atom. The molecule has 0 bridgehead atoms. The van der Waals surface area contributed by atoms with Crippen molar-refractivity contribution < 1.29 is 23.5 Å². The van der Waals surface area contributed by atoms with E-state index in [1.165, 1.54) is 0 Å². The van der Waals surface area contributed by atoms with E-state index in [0.717, 1.165) is 49.9 Å². The Hall–Kier alpha value is -2.58. The minimum Gasteiger partial charge on any atom is -0.493 e. The summed E-state index contributed by atoms with van der Waals surface area (Å²) in [5.41, 5.74) is 2.23. The van der Waals surface area contributed by atoms with E-state index < -0.39 is 0 Å². The van der Waals surface area contributed by atoms with Gasteiger partial charge in [0.2, 0.25) is 0 Å². The van der Waals surface area contributed by atoms with E-state index in [0.29, 0.717) is 23.7 Å². The van der Waals surface area contributed by atoms with Crippen molar-refractivity contribution in [1.82, 2.24) is 15.4 Å². The number of methoxy groups -OCH3 is 1. The first kappa shape index (κ1) is 21.1. The summed E-state index contributed by atoms with van der Waals surface area (Å²) in [5, 5.41) is 6.97. The summed E-state index contributed by atoms with van der Waals surface area (Å²) in [6, 6.07) is 5.21. The van der Waals surface area contributed by atoms with Crippen LogP contribution in [0.1, 0.15) is 34.3 Å². The molecule has 1 saturated heterocycles. The fourth-order valence-corrected chi connectivity index (χ4v) is 3.31. The topological polar surface area (TPSA) is 86.1 Å². The summed E-state index contributed by atoms with van der Waals surface area (Å²) in [6.45, 7) is 10.1. The summed E-state index contributed by atoms with van der Waals surface area (Å²) in [6.07, 6.45) is 0. The molecule has 1 atom stereocenters. The Bertz CT molecular complexity index is 810. The molecule has 1 aliphatic heterocycles. The Balaban J connectivity index is 1.60. The third-order valence-electron chi connectivity index (χ3n) is 4.99. The number of amides is 1. The molecule has 0 aliphatic carbocycles. The maximum atomic E-state index is 12.6. The van der Waals surface area contributed by atoms with Gasteiger partial charge in [-0.25, -0.2) is 0 Å². The molecule has 2 aromatic rings. The molecule has 0 spiro atoms. The fourth-order valence-electron chi connectivity index (χ4n) is 3.31. The van der Waals surface area contributed by atoms with Crippen LogP contribution in [-0.2, 0) is 11.3 Å². The zero-order valence-corrected chi connectivity index (χ0v) is 17.5. The molecule has 1 amide bonds. The minimum atomic E-state index is -0.138. The number of nitrogens with zero attached hydrogens (tertiary/aromatic N) is 2. The van der Waals surface area contributed by atoms with Crippen molar-refractivity contribution in [2.45, 2.75) is 33.4 Å². The number of aromatic nitrogens is 1. The van der Waals surface area contributed by atoms with Gasteiger partial charge in [-0.15, -0.1) is 0 Å². The van der Waals surface area contributed by atoms with E-state index in [4.69, 9.17) is 18.7 Å². The van der Waals surface area contributed by atoms with E-state index >= 15 is 0 Å². The highest BCUT2D eigenvalue weighted by atomic mass is 16.5. The highest BCUT2D eigenvalue weighted by Gasteiger charge is 2.18. The van der Waals surface area contributed by atoms with Crippen LogP contribution in [0, 0.1) is 13.8 Å². The van der Waals surface area contributed by atoms with E-state index in [2.05, 4.69) is 15.4 Å². The van der Waals surface area contributed by atoms with Crippen molar-refractivity contribution in [2.75, 3.05) is 40.0 Å². The largest absolute Gasteiger partial charge is 0.493 e. The van der Waals surface area contributed by atoms with Crippen molar-refractivity contribution in [3.8, 4) is 11.5 Å². The Morgan fingerprint density at radius 3 is 2.69 bits per heavy atom. The monoisotopic (exact) mass is 403 g/mol. The van der Waals surface area contributed by atoms with Gasteiger partial charge < -0.3 is 24.1 Å². The lowest BCUT2D eigenvalue weighted by Gasteiger charge is -2.29. The van der Waals surface area contributed by atoms with Crippen LogP contribution in [0.2, 0.25) is 0 Å². The molecule has 2 heterocycles. The first-order chi connectivity index (χ1) is 14.0. The molecule has 1 aromatic carbocycles. The highest BCUT2D eigenvalue weighted by molar-refractivity contribution is 5.95. The van der Waals surface area contributed by atoms with Gasteiger partial charge in [-0.1, -0.05) is 5.16 Å². The number of nitrogens with one attached hydrogen (secondary N) is 1. The molecule has 29 heavy (non-hydrogen) atoms. The van der Waals surface area contributed by atoms with Crippen LogP contribution in [0.3, 0.4) is 0 Å². The number of rotatable bonds is 8. The SMILES string of the molecule is COc1cc(C(=O)NC(C)CN2CCOCC2)ccc1OCc1c(C)noc1C. The normalized spacial score (nSPS) is 15.7. The number of morpholine rings is 1. The summed E-state index contributed by atoms with van der Waals surface area (Å²) in [7, 11) is 1.56. The second-order valence-electron chi connectivity index (χ2n) is 7.24. The maximum Gasteiger partial charge on any atom is 0.251 e. The predicted molar refractivity (Wildman–Crippen MR) is 107 cm³/mol. The van der Waals surface area contributed by atoms with Crippen molar-refractivity contribution in [1.29, 1.82) is 0 Å².